The number of ether oxygens (including phenoxy) is 1. The summed E-state index contributed by atoms with van der Waals surface area (Å²) in [6.45, 7) is 1.77. The van der Waals surface area contributed by atoms with Gasteiger partial charge in [-0.3, -0.25) is 9.89 Å². The zero-order chi connectivity index (χ0) is 13.3. The van der Waals surface area contributed by atoms with E-state index in [0.29, 0.717) is 0 Å². The van der Waals surface area contributed by atoms with Crippen molar-refractivity contribution >= 4 is 47.0 Å². The van der Waals surface area contributed by atoms with Crippen LogP contribution in [0.15, 0.2) is 11.0 Å². The van der Waals surface area contributed by atoms with Crippen LogP contribution in [0, 0.1) is 10.1 Å². The summed E-state index contributed by atoms with van der Waals surface area (Å²) in [4.78, 5) is 32.6. The van der Waals surface area contributed by atoms with Crippen LogP contribution < -0.4 is 5.56 Å². The van der Waals surface area contributed by atoms with E-state index in [9.17, 15) is 19.7 Å². The van der Waals surface area contributed by atoms with Gasteiger partial charge in [-0.05, 0) is 16.9 Å². The molecule has 0 aromatic carbocycles. The molecule has 2 aromatic rings. The van der Waals surface area contributed by atoms with E-state index in [1.165, 1.54) is 6.20 Å². The normalized spacial score (nSPS) is 9.95. The fourth-order valence-corrected chi connectivity index (χ4v) is 1.34. The molecule has 0 saturated carbocycles. The Morgan fingerprint density at radius 2 is 2.26 bits per heavy atom. The molecule has 10 nitrogen and oxygen atoms in total. The van der Waals surface area contributed by atoms with Gasteiger partial charge in [-0.1, -0.05) is 0 Å². The molecule has 0 amide bonds. The van der Waals surface area contributed by atoms with Gasteiger partial charge in [-0.15, -0.1) is 0 Å². The van der Waals surface area contributed by atoms with E-state index >= 15 is 0 Å². The molecular formula is C8H7N5NaO5. The Kier molecular flexibility index (Phi) is 4.75. The first kappa shape index (κ1) is 15.3. The van der Waals surface area contributed by atoms with E-state index in [0.717, 1.165) is 4.52 Å². The molecule has 2 heterocycles. The van der Waals surface area contributed by atoms with Gasteiger partial charge in [0.2, 0.25) is 5.65 Å². The van der Waals surface area contributed by atoms with Crippen molar-refractivity contribution in [2.45, 2.75) is 6.92 Å². The molecule has 1 radical (unpaired) electrons. The first-order valence-electron chi connectivity index (χ1n) is 4.84. The summed E-state index contributed by atoms with van der Waals surface area (Å²) in [5.74, 6) is -1.62. The van der Waals surface area contributed by atoms with Gasteiger partial charge in [0.1, 0.15) is 5.56 Å². The second kappa shape index (κ2) is 5.91. The predicted molar refractivity (Wildman–Crippen MR) is 62.0 cm³/mol. The molecule has 11 heteroatoms. The summed E-state index contributed by atoms with van der Waals surface area (Å²) >= 11 is 0. The molecule has 0 aliphatic rings. The summed E-state index contributed by atoms with van der Waals surface area (Å²) in [5, 5.41) is 19.5. The molecule has 0 unspecified atom stereocenters. The quantitative estimate of drug-likeness (QED) is 0.333. The maximum Gasteiger partial charge on any atom is 0.458 e. The molecule has 0 atom stereocenters. The maximum absolute atomic E-state index is 11.6. The Morgan fingerprint density at radius 3 is 2.84 bits per heavy atom. The van der Waals surface area contributed by atoms with E-state index in [1.54, 1.807) is 6.92 Å². The van der Waals surface area contributed by atoms with Crippen molar-refractivity contribution in [3.8, 4) is 0 Å². The molecule has 0 bridgehead atoms. The first-order chi connectivity index (χ1) is 8.56. The molecule has 0 saturated heterocycles. The third-order valence-electron chi connectivity index (χ3n) is 2.09. The summed E-state index contributed by atoms with van der Waals surface area (Å²) in [5.41, 5.74) is -1.14. The van der Waals surface area contributed by atoms with Crippen molar-refractivity contribution < 1.29 is 14.5 Å². The van der Waals surface area contributed by atoms with Gasteiger partial charge < -0.3 is 14.9 Å². The number of hydrogen-bond acceptors (Lipinski definition) is 7. The smallest absolute Gasteiger partial charge is 0.458 e. The molecule has 1 N–H and O–H groups in total. The van der Waals surface area contributed by atoms with Gasteiger partial charge in [0.05, 0.1) is 11.7 Å². The number of hydrogen-bond donors (Lipinski definition) is 1. The maximum atomic E-state index is 11.6. The van der Waals surface area contributed by atoms with E-state index in [4.69, 9.17) is 4.74 Å². The van der Waals surface area contributed by atoms with E-state index in [-0.39, 0.29) is 47.4 Å². The molecule has 2 rings (SSSR count). The Hall–Kier alpha value is -1.78. The fraction of sp³-hybridized carbons (Fsp3) is 0.250. The average molecular weight is 276 g/mol. The summed E-state index contributed by atoms with van der Waals surface area (Å²) in [6.07, 6.45) is 1.17. The number of carbonyl (C=O) groups excluding carboxylic acids is 1. The van der Waals surface area contributed by atoms with Gasteiger partial charge in [-0.2, -0.15) is 4.52 Å². The van der Waals surface area contributed by atoms with E-state index in [1.807, 2.05) is 0 Å². The largest absolute Gasteiger partial charge is 0.462 e. The van der Waals surface area contributed by atoms with Crippen molar-refractivity contribution in [2.75, 3.05) is 6.61 Å². The van der Waals surface area contributed by atoms with Crippen LogP contribution in [-0.4, -0.2) is 66.9 Å². The number of carbonyl (C=O) groups is 1. The van der Waals surface area contributed by atoms with Crippen LogP contribution >= 0.6 is 0 Å². The molecule has 95 valence electrons. The second-order valence-corrected chi connectivity index (χ2v) is 3.15. The van der Waals surface area contributed by atoms with Crippen molar-refractivity contribution in [1.82, 2.24) is 19.8 Å². The minimum Gasteiger partial charge on any atom is -0.462 e. The number of nitrogens with one attached hydrogen (secondary N) is 1. The van der Waals surface area contributed by atoms with E-state index in [2.05, 4.69) is 15.3 Å². The van der Waals surface area contributed by atoms with Crippen LogP contribution in [0.5, 0.6) is 0 Å². The Bertz CT molecular complexity index is 692. The van der Waals surface area contributed by atoms with Crippen LogP contribution in [0.25, 0.3) is 5.65 Å². The van der Waals surface area contributed by atoms with Gasteiger partial charge in [-0.25, -0.2) is 4.79 Å². The summed E-state index contributed by atoms with van der Waals surface area (Å²) in [6, 6.07) is 0. The van der Waals surface area contributed by atoms with Crippen LogP contribution in [0.2, 0.25) is 0 Å². The van der Waals surface area contributed by atoms with Gasteiger partial charge in [0.25, 0.3) is 0 Å². The molecule has 2 aromatic heterocycles. The van der Waals surface area contributed by atoms with Crippen LogP contribution in [0.1, 0.15) is 17.3 Å². The standard InChI is InChI=1S/C8H7N5O5.Na/c1-2-18-8(15)4-3-9-12-5(4)10-11-6(7(12)14)13(16)17;/h3,9H,2H2,1H3;. The predicted octanol–water partition coefficient (Wildman–Crippen LogP) is -0.878. The Balaban J connectivity index is 0.00000180. The van der Waals surface area contributed by atoms with Crippen molar-refractivity contribution in [1.29, 1.82) is 0 Å². The number of aromatic amines is 1. The molecule has 0 aliphatic carbocycles. The number of nitro groups is 1. The number of rotatable bonds is 3. The van der Waals surface area contributed by atoms with Gasteiger partial charge in [0.15, 0.2) is 0 Å². The molecular weight excluding hydrogens is 269 g/mol. The first-order valence-corrected chi connectivity index (χ1v) is 4.84. The minimum atomic E-state index is -0.999. The van der Waals surface area contributed by atoms with Gasteiger partial charge >= 0.3 is 17.3 Å². The minimum absolute atomic E-state index is 0. The van der Waals surface area contributed by atoms with Crippen molar-refractivity contribution in [3.05, 3.63) is 32.2 Å². The SMILES string of the molecule is CCOC(=O)c1c[nH]n2c(=O)c([N+](=O)[O-])nnc12.[Na]. The monoisotopic (exact) mass is 276 g/mol. The number of aromatic nitrogens is 4. The zero-order valence-electron chi connectivity index (χ0n) is 10.1. The topological polar surface area (TPSA) is 132 Å². The third kappa shape index (κ3) is 2.64. The number of H-pyrrole nitrogens is 1. The summed E-state index contributed by atoms with van der Waals surface area (Å²) in [7, 11) is 0. The zero-order valence-corrected chi connectivity index (χ0v) is 12.1. The molecule has 0 spiro atoms. The number of esters is 1. The second-order valence-electron chi connectivity index (χ2n) is 3.15. The van der Waals surface area contributed by atoms with Crippen LogP contribution in [-0.2, 0) is 4.74 Å². The Morgan fingerprint density at radius 1 is 1.58 bits per heavy atom. The van der Waals surface area contributed by atoms with Crippen molar-refractivity contribution in [3.63, 3.8) is 0 Å². The molecule has 0 fully saturated rings. The fourth-order valence-electron chi connectivity index (χ4n) is 1.34. The molecule has 19 heavy (non-hydrogen) atoms. The third-order valence-corrected chi connectivity index (χ3v) is 2.09. The van der Waals surface area contributed by atoms with Crippen LogP contribution in [0.3, 0.4) is 0 Å². The van der Waals surface area contributed by atoms with Crippen LogP contribution in [0.4, 0.5) is 5.82 Å². The number of fused-ring (bicyclic) bond motifs is 1. The van der Waals surface area contributed by atoms with Gasteiger partial charge in [0, 0.05) is 35.8 Å². The average Bonchev–Trinajstić information content (AvgIpc) is 2.74. The number of nitrogens with zero attached hydrogens (tertiary/aromatic N) is 4. The van der Waals surface area contributed by atoms with E-state index < -0.39 is 22.3 Å². The summed E-state index contributed by atoms with van der Waals surface area (Å²) < 4.78 is 5.50. The Labute approximate surface area is 127 Å². The molecule has 0 aliphatic heterocycles. The van der Waals surface area contributed by atoms with Crippen molar-refractivity contribution in [2.24, 2.45) is 0 Å².